The van der Waals surface area contributed by atoms with Crippen molar-refractivity contribution < 1.29 is 9.59 Å². The van der Waals surface area contributed by atoms with Crippen molar-refractivity contribution in [1.29, 1.82) is 0 Å². The van der Waals surface area contributed by atoms with E-state index < -0.39 is 23.7 Å². The lowest BCUT2D eigenvalue weighted by Gasteiger charge is -2.14. The molecule has 164 valence electrons. The first-order valence-electron chi connectivity index (χ1n) is 10.1. The second-order valence-corrected chi connectivity index (χ2v) is 8.45. The van der Waals surface area contributed by atoms with E-state index in [-0.39, 0.29) is 18.5 Å². The zero-order valence-corrected chi connectivity index (χ0v) is 18.6. The van der Waals surface area contributed by atoms with Gasteiger partial charge in [-0.2, -0.15) is 0 Å². The van der Waals surface area contributed by atoms with Crippen LogP contribution in [-0.4, -0.2) is 27.0 Å². The fourth-order valence-corrected chi connectivity index (χ4v) is 3.94. The van der Waals surface area contributed by atoms with Gasteiger partial charge in [-0.25, -0.2) is 9.36 Å². The molecule has 2 heterocycles. The zero-order chi connectivity index (χ0) is 22.5. The number of aromatic nitrogens is 2. The highest BCUT2D eigenvalue weighted by Gasteiger charge is 2.18. The van der Waals surface area contributed by atoms with Gasteiger partial charge in [-0.3, -0.25) is 19.0 Å². The van der Waals surface area contributed by atoms with Crippen LogP contribution in [0.4, 0.5) is 0 Å². The summed E-state index contributed by atoms with van der Waals surface area (Å²) in [5.74, 6) is -0.774. The van der Waals surface area contributed by atoms with Gasteiger partial charge in [-0.1, -0.05) is 36.8 Å². The number of carbonyl (C=O) groups is 2. The SMILES string of the molecule is CC[C@H](C)NC(=O)Cn1c(=O)n(CC(=O)NCc2ccc(C)cc2)c(=O)c2sccc21. The van der Waals surface area contributed by atoms with Gasteiger partial charge in [0.2, 0.25) is 11.8 Å². The molecule has 2 N–H and O–H groups in total. The van der Waals surface area contributed by atoms with Crippen molar-refractivity contribution in [2.45, 2.75) is 52.9 Å². The number of hydrogen-bond acceptors (Lipinski definition) is 5. The van der Waals surface area contributed by atoms with Crippen molar-refractivity contribution in [3.05, 3.63) is 67.7 Å². The fourth-order valence-electron chi connectivity index (χ4n) is 3.10. The van der Waals surface area contributed by atoms with Crippen LogP contribution < -0.4 is 21.9 Å². The third-order valence-electron chi connectivity index (χ3n) is 5.07. The normalized spacial score (nSPS) is 12.0. The quantitative estimate of drug-likeness (QED) is 0.555. The van der Waals surface area contributed by atoms with Gasteiger partial charge in [0.05, 0.1) is 5.52 Å². The number of carbonyl (C=O) groups excluding carboxylic acids is 2. The van der Waals surface area contributed by atoms with Gasteiger partial charge < -0.3 is 10.6 Å². The minimum atomic E-state index is -0.680. The van der Waals surface area contributed by atoms with E-state index in [9.17, 15) is 19.2 Å². The van der Waals surface area contributed by atoms with Crippen molar-refractivity contribution >= 4 is 33.4 Å². The number of thiophene rings is 1. The Bertz CT molecular complexity index is 1210. The standard InChI is InChI=1S/C22H26N4O4S/c1-4-15(3)24-19(28)13-25-17-9-10-31-20(17)21(29)26(22(25)30)12-18(27)23-11-16-7-5-14(2)6-8-16/h5-10,15H,4,11-13H2,1-3H3,(H,23,27)(H,24,28)/t15-/m0/s1. The van der Waals surface area contributed by atoms with Gasteiger partial charge in [-0.15, -0.1) is 11.3 Å². The lowest BCUT2D eigenvalue weighted by Crippen LogP contribution is -2.45. The molecule has 0 radical (unpaired) electrons. The zero-order valence-electron chi connectivity index (χ0n) is 17.8. The molecule has 0 saturated carbocycles. The highest BCUT2D eigenvalue weighted by atomic mass is 32.1. The molecular weight excluding hydrogens is 416 g/mol. The summed E-state index contributed by atoms with van der Waals surface area (Å²) in [6.07, 6.45) is 0.759. The van der Waals surface area contributed by atoms with E-state index in [1.165, 1.54) is 15.9 Å². The number of nitrogens with one attached hydrogen (secondary N) is 2. The first-order chi connectivity index (χ1) is 14.8. The fraction of sp³-hybridized carbons (Fsp3) is 0.364. The lowest BCUT2D eigenvalue weighted by atomic mass is 10.1. The minimum Gasteiger partial charge on any atom is -0.352 e. The van der Waals surface area contributed by atoms with Gasteiger partial charge in [0.1, 0.15) is 17.8 Å². The predicted octanol–water partition coefficient (Wildman–Crippen LogP) is 1.76. The number of amides is 2. The lowest BCUT2D eigenvalue weighted by molar-refractivity contribution is -0.122. The Kier molecular flexibility index (Phi) is 7.06. The topological polar surface area (TPSA) is 102 Å². The molecular formula is C22H26N4O4S. The summed E-state index contributed by atoms with van der Waals surface area (Å²) in [7, 11) is 0. The number of nitrogens with zero attached hydrogens (tertiary/aromatic N) is 2. The molecule has 1 atom stereocenters. The summed E-state index contributed by atoms with van der Waals surface area (Å²) in [4.78, 5) is 50.6. The van der Waals surface area contributed by atoms with Crippen LogP contribution in [0.2, 0.25) is 0 Å². The van der Waals surface area contributed by atoms with Crippen LogP contribution >= 0.6 is 11.3 Å². The van der Waals surface area contributed by atoms with Crippen molar-refractivity contribution in [1.82, 2.24) is 19.8 Å². The van der Waals surface area contributed by atoms with Crippen LogP contribution in [0.25, 0.3) is 10.2 Å². The molecule has 9 heteroatoms. The number of hydrogen-bond donors (Lipinski definition) is 2. The Morgan fingerprint density at radius 2 is 1.71 bits per heavy atom. The highest BCUT2D eigenvalue weighted by molar-refractivity contribution is 7.17. The molecule has 0 bridgehead atoms. The van der Waals surface area contributed by atoms with E-state index in [0.717, 1.165) is 22.1 Å². The molecule has 3 rings (SSSR count). The summed E-state index contributed by atoms with van der Waals surface area (Å²) in [6.45, 7) is 5.46. The number of rotatable bonds is 8. The third-order valence-corrected chi connectivity index (χ3v) is 5.96. The Labute approximate surface area is 183 Å². The average molecular weight is 443 g/mol. The molecule has 0 saturated heterocycles. The van der Waals surface area contributed by atoms with Gasteiger partial charge in [0, 0.05) is 12.6 Å². The van der Waals surface area contributed by atoms with Crippen LogP contribution in [0.5, 0.6) is 0 Å². The van der Waals surface area contributed by atoms with Gasteiger partial charge in [0.15, 0.2) is 0 Å². The third kappa shape index (κ3) is 5.29. The average Bonchev–Trinajstić information content (AvgIpc) is 3.23. The molecule has 0 aliphatic rings. The molecule has 0 unspecified atom stereocenters. The first-order valence-corrected chi connectivity index (χ1v) is 11.0. The molecule has 2 amide bonds. The van der Waals surface area contributed by atoms with Crippen molar-refractivity contribution in [2.24, 2.45) is 0 Å². The van der Waals surface area contributed by atoms with Gasteiger partial charge in [0.25, 0.3) is 5.56 Å². The van der Waals surface area contributed by atoms with Gasteiger partial charge >= 0.3 is 5.69 Å². The smallest absolute Gasteiger partial charge is 0.332 e. The maximum absolute atomic E-state index is 13.0. The van der Waals surface area contributed by atoms with Crippen molar-refractivity contribution in [2.75, 3.05) is 0 Å². The summed E-state index contributed by atoms with van der Waals surface area (Å²) in [5, 5.41) is 7.24. The van der Waals surface area contributed by atoms with Crippen LogP contribution in [-0.2, 0) is 29.2 Å². The predicted molar refractivity (Wildman–Crippen MR) is 121 cm³/mol. The maximum Gasteiger partial charge on any atom is 0.332 e. The highest BCUT2D eigenvalue weighted by Crippen LogP contribution is 2.15. The van der Waals surface area contributed by atoms with Gasteiger partial charge in [-0.05, 0) is 37.3 Å². The molecule has 8 nitrogen and oxygen atoms in total. The Morgan fingerprint density at radius 1 is 1.03 bits per heavy atom. The van der Waals surface area contributed by atoms with E-state index in [0.29, 0.717) is 16.8 Å². The number of aryl methyl sites for hydroxylation is 1. The maximum atomic E-state index is 13.0. The molecule has 3 aromatic rings. The Hall–Kier alpha value is -3.20. The molecule has 2 aromatic heterocycles. The van der Waals surface area contributed by atoms with Crippen LogP contribution in [0.1, 0.15) is 31.4 Å². The van der Waals surface area contributed by atoms with Crippen LogP contribution in [0.3, 0.4) is 0 Å². The molecule has 0 aliphatic heterocycles. The molecule has 0 fully saturated rings. The Morgan fingerprint density at radius 3 is 2.39 bits per heavy atom. The number of fused-ring (bicyclic) bond motifs is 1. The largest absolute Gasteiger partial charge is 0.352 e. The van der Waals surface area contributed by atoms with Crippen molar-refractivity contribution in [3.63, 3.8) is 0 Å². The van der Waals surface area contributed by atoms with E-state index in [2.05, 4.69) is 10.6 Å². The second-order valence-electron chi connectivity index (χ2n) is 7.53. The summed E-state index contributed by atoms with van der Waals surface area (Å²) < 4.78 is 2.47. The summed E-state index contributed by atoms with van der Waals surface area (Å²) in [6, 6.07) is 9.31. The molecule has 1 aromatic carbocycles. The first kappa shape index (κ1) is 22.5. The molecule has 31 heavy (non-hydrogen) atoms. The van der Waals surface area contributed by atoms with E-state index in [1.807, 2.05) is 45.0 Å². The number of benzene rings is 1. The van der Waals surface area contributed by atoms with E-state index in [1.54, 1.807) is 11.4 Å². The molecule has 0 aliphatic carbocycles. The summed E-state index contributed by atoms with van der Waals surface area (Å²) in [5.41, 5.74) is 1.22. The van der Waals surface area contributed by atoms with Crippen molar-refractivity contribution in [3.8, 4) is 0 Å². The Balaban J connectivity index is 1.83. The van der Waals surface area contributed by atoms with E-state index in [4.69, 9.17) is 0 Å². The molecule has 0 spiro atoms. The van der Waals surface area contributed by atoms with E-state index >= 15 is 0 Å². The summed E-state index contributed by atoms with van der Waals surface area (Å²) >= 11 is 1.18. The van der Waals surface area contributed by atoms with Crippen LogP contribution in [0, 0.1) is 6.92 Å². The minimum absolute atomic E-state index is 0.0281. The second kappa shape index (κ2) is 9.74. The monoisotopic (exact) mass is 442 g/mol. The van der Waals surface area contributed by atoms with Crippen LogP contribution in [0.15, 0.2) is 45.3 Å².